The molecule has 0 aromatic heterocycles. The van der Waals surface area contributed by atoms with E-state index in [2.05, 4.69) is 0 Å². The predicted molar refractivity (Wildman–Crippen MR) is 48.9 cm³/mol. The van der Waals surface area contributed by atoms with E-state index < -0.39 is 23.4 Å². The van der Waals surface area contributed by atoms with Crippen molar-refractivity contribution >= 4 is 0 Å². The molecule has 0 radical (unpaired) electrons. The molecule has 0 bridgehead atoms. The van der Waals surface area contributed by atoms with E-state index in [-0.39, 0.29) is 0 Å². The summed E-state index contributed by atoms with van der Waals surface area (Å²) >= 11 is 0. The standard InChI is InChI=1S/C10H17F5/c1-5-8(4,6-2)7(3)9(11,12)10(13,14)15/h7H,5-6H2,1-4H3. The summed E-state index contributed by atoms with van der Waals surface area (Å²) in [6.07, 6.45) is -4.86. The van der Waals surface area contributed by atoms with Gasteiger partial charge < -0.3 is 0 Å². The van der Waals surface area contributed by atoms with Crippen LogP contribution in [-0.2, 0) is 0 Å². The summed E-state index contributed by atoms with van der Waals surface area (Å²) in [5.74, 6) is -6.33. The van der Waals surface area contributed by atoms with E-state index in [1.54, 1.807) is 13.8 Å². The zero-order valence-corrected chi connectivity index (χ0v) is 9.38. The lowest BCUT2D eigenvalue weighted by Gasteiger charge is -2.39. The van der Waals surface area contributed by atoms with Crippen molar-refractivity contribution in [2.45, 2.75) is 52.6 Å². The minimum Gasteiger partial charge on any atom is -0.196 e. The molecule has 5 heteroatoms. The lowest BCUT2D eigenvalue weighted by molar-refractivity contribution is -0.313. The van der Waals surface area contributed by atoms with Gasteiger partial charge in [-0.15, -0.1) is 0 Å². The zero-order chi connectivity index (χ0) is 12.5. The van der Waals surface area contributed by atoms with Crippen molar-refractivity contribution in [3.05, 3.63) is 0 Å². The first-order valence-electron chi connectivity index (χ1n) is 4.97. The number of halogens is 5. The molecule has 1 unspecified atom stereocenters. The van der Waals surface area contributed by atoms with Crippen LogP contribution >= 0.6 is 0 Å². The normalized spacial score (nSPS) is 16.6. The Morgan fingerprint density at radius 1 is 0.933 bits per heavy atom. The fraction of sp³-hybridized carbons (Fsp3) is 1.00. The number of alkyl halides is 5. The molecule has 0 N–H and O–H groups in total. The van der Waals surface area contributed by atoms with Gasteiger partial charge in [-0.05, 0) is 5.41 Å². The Kier molecular flexibility index (Phi) is 4.16. The van der Waals surface area contributed by atoms with Crippen molar-refractivity contribution in [3.63, 3.8) is 0 Å². The quantitative estimate of drug-likeness (QED) is 0.619. The first-order chi connectivity index (χ1) is 6.53. The molecule has 0 saturated heterocycles. The van der Waals surface area contributed by atoms with E-state index in [1.807, 2.05) is 0 Å². The second-order valence-corrected chi connectivity index (χ2v) is 4.20. The van der Waals surface area contributed by atoms with Crippen molar-refractivity contribution in [1.82, 2.24) is 0 Å². The Bertz CT molecular complexity index is 202. The maximum absolute atomic E-state index is 13.1. The molecule has 0 amide bonds. The smallest absolute Gasteiger partial charge is 0.196 e. The molecule has 0 rings (SSSR count). The molecule has 0 aromatic rings. The summed E-state index contributed by atoms with van der Waals surface area (Å²) in [6, 6.07) is 0. The second-order valence-electron chi connectivity index (χ2n) is 4.20. The van der Waals surface area contributed by atoms with Crippen molar-refractivity contribution in [3.8, 4) is 0 Å². The van der Waals surface area contributed by atoms with Gasteiger partial charge in [0.05, 0.1) is 0 Å². The van der Waals surface area contributed by atoms with E-state index in [4.69, 9.17) is 0 Å². The monoisotopic (exact) mass is 232 g/mol. The highest BCUT2D eigenvalue weighted by atomic mass is 19.4. The van der Waals surface area contributed by atoms with Gasteiger partial charge in [0.2, 0.25) is 0 Å². The van der Waals surface area contributed by atoms with Gasteiger partial charge in [0.25, 0.3) is 0 Å². The maximum Gasteiger partial charge on any atom is 0.453 e. The number of hydrogen-bond acceptors (Lipinski definition) is 0. The third kappa shape index (κ3) is 2.61. The largest absolute Gasteiger partial charge is 0.453 e. The Hall–Kier alpha value is -0.350. The average Bonchev–Trinajstić information content (AvgIpc) is 2.13. The van der Waals surface area contributed by atoms with Gasteiger partial charge in [0, 0.05) is 5.92 Å². The molecule has 0 aliphatic heterocycles. The third-order valence-electron chi connectivity index (χ3n) is 3.58. The Morgan fingerprint density at radius 2 is 1.27 bits per heavy atom. The second kappa shape index (κ2) is 4.26. The molecule has 15 heavy (non-hydrogen) atoms. The van der Waals surface area contributed by atoms with Gasteiger partial charge in [0.1, 0.15) is 0 Å². The molecule has 0 heterocycles. The molecular formula is C10H17F5. The van der Waals surface area contributed by atoms with Crippen molar-refractivity contribution in [1.29, 1.82) is 0 Å². The first kappa shape index (κ1) is 14.6. The fourth-order valence-electron chi connectivity index (χ4n) is 1.55. The van der Waals surface area contributed by atoms with Crippen LogP contribution < -0.4 is 0 Å². The summed E-state index contributed by atoms with van der Waals surface area (Å²) in [5, 5.41) is 0. The van der Waals surface area contributed by atoms with Crippen LogP contribution in [0.2, 0.25) is 0 Å². The van der Waals surface area contributed by atoms with Crippen LogP contribution in [-0.4, -0.2) is 12.1 Å². The lowest BCUT2D eigenvalue weighted by Crippen LogP contribution is -2.48. The summed E-state index contributed by atoms with van der Waals surface area (Å²) in [6.45, 7) is 5.71. The molecule has 0 spiro atoms. The Balaban J connectivity index is 5.07. The summed E-state index contributed by atoms with van der Waals surface area (Å²) < 4.78 is 62.5. The maximum atomic E-state index is 13.1. The Labute approximate surface area is 86.9 Å². The zero-order valence-electron chi connectivity index (χ0n) is 9.38. The van der Waals surface area contributed by atoms with Gasteiger partial charge in [0.15, 0.2) is 0 Å². The fourth-order valence-corrected chi connectivity index (χ4v) is 1.55. The van der Waals surface area contributed by atoms with Crippen LogP contribution in [0.3, 0.4) is 0 Å². The van der Waals surface area contributed by atoms with Gasteiger partial charge in [-0.3, -0.25) is 0 Å². The van der Waals surface area contributed by atoms with Gasteiger partial charge in [-0.1, -0.05) is 40.5 Å². The van der Waals surface area contributed by atoms with Crippen LogP contribution in [0.25, 0.3) is 0 Å². The molecule has 0 aromatic carbocycles. The van der Waals surface area contributed by atoms with Crippen LogP contribution in [0.1, 0.15) is 40.5 Å². The molecule has 0 aliphatic rings. The molecular weight excluding hydrogens is 215 g/mol. The molecule has 0 nitrogen and oxygen atoms in total. The molecule has 0 fully saturated rings. The summed E-state index contributed by atoms with van der Waals surface area (Å²) in [7, 11) is 0. The van der Waals surface area contributed by atoms with E-state index in [0.29, 0.717) is 12.8 Å². The highest BCUT2D eigenvalue weighted by molar-refractivity contribution is 4.91. The lowest BCUT2D eigenvalue weighted by atomic mass is 9.71. The van der Waals surface area contributed by atoms with Crippen LogP contribution in [0.15, 0.2) is 0 Å². The minimum absolute atomic E-state index is 0.302. The van der Waals surface area contributed by atoms with E-state index in [0.717, 1.165) is 6.92 Å². The van der Waals surface area contributed by atoms with Crippen molar-refractivity contribution in [2.24, 2.45) is 11.3 Å². The average molecular weight is 232 g/mol. The number of hydrogen-bond donors (Lipinski definition) is 0. The van der Waals surface area contributed by atoms with E-state index >= 15 is 0 Å². The first-order valence-corrected chi connectivity index (χ1v) is 4.97. The van der Waals surface area contributed by atoms with Gasteiger partial charge in [-0.25, -0.2) is 0 Å². The van der Waals surface area contributed by atoms with Crippen molar-refractivity contribution < 1.29 is 22.0 Å². The predicted octanol–water partition coefficient (Wildman–Crippen LogP) is 4.65. The highest BCUT2D eigenvalue weighted by Gasteiger charge is 2.63. The Morgan fingerprint density at radius 3 is 1.47 bits per heavy atom. The minimum atomic E-state index is -5.46. The highest BCUT2D eigenvalue weighted by Crippen LogP contribution is 2.50. The SMILES string of the molecule is CCC(C)(CC)C(C)C(F)(F)C(F)(F)F. The van der Waals surface area contributed by atoms with Crippen LogP contribution in [0.5, 0.6) is 0 Å². The van der Waals surface area contributed by atoms with Crippen molar-refractivity contribution in [2.75, 3.05) is 0 Å². The molecule has 1 atom stereocenters. The molecule has 92 valence electrons. The third-order valence-corrected chi connectivity index (χ3v) is 3.58. The molecule has 0 aliphatic carbocycles. The van der Waals surface area contributed by atoms with E-state index in [1.165, 1.54) is 6.92 Å². The van der Waals surface area contributed by atoms with E-state index in [9.17, 15) is 22.0 Å². The van der Waals surface area contributed by atoms with Gasteiger partial charge >= 0.3 is 12.1 Å². The summed E-state index contributed by atoms with van der Waals surface area (Å²) in [5.41, 5.74) is -0.987. The van der Waals surface area contributed by atoms with Gasteiger partial charge in [-0.2, -0.15) is 22.0 Å². The summed E-state index contributed by atoms with van der Waals surface area (Å²) in [4.78, 5) is 0. The van der Waals surface area contributed by atoms with Crippen LogP contribution in [0.4, 0.5) is 22.0 Å². The number of rotatable bonds is 4. The van der Waals surface area contributed by atoms with Crippen LogP contribution in [0, 0.1) is 11.3 Å². The molecule has 0 saturated carbocycles. The topological polar surface area (TPSA) is 0 Å².